The number of piperidine rings is 1. The van der Waals surface area contributed by atoms with Crippen molar-refractivity contribution in [1.82, 2.24) is 20.1 Å². The van der Waals surface area contributed by atoms with Crippen LogP contribution in [0, 0.1) is 6.92 Å². The molecule has 1 aromatic carbocycles. The summed E-state index contributed by atoms with van der Waals surface area (Å²) in [7, 11) is 0. The summed E-state index contributed by atoms with van der Waals surface area (Å²) in [5.74, 6) is 0.0377. The number of aromatic amines is 1. The number of likely N-dealkylation sites (tertiary alicyclic amines) is 1. The molecule has 4 N–H and O–H groups in total. The van der Waals surface area contributed by atoms with Crippen LogP contribution >= 0.6 is 11.3 Å². The van der Waals surface area contributed by atoms with E-state index >= 15 is 0 Å². The van der Waals surface area contributed by atoms with Gasteiger partial charge in [0.2, 0.25) is 0 Å². The molecule has 4 rings (SSSR count). The van der Waals surface area contributed by atoms with Gasteiger partial charge in [-0.15, -0.1) is 11.3 Å². The fraction of sp³-hybridized carbons (Fsp3) is 0.300. The number of carboxylic acid groups (broad SMARTS) is 1. The lowest BCUT2D eigenvalue weighted by Crippen LogP contribution is -2.46. The van der Waals surface area contributed by atoms with Crippen LogP contribution in [0.4, 0.5) is 5.13 Å². The second kappa shape index (κ2) is 8.87. The van der Waals surface area contributed by atoms with Crippen LogP contribution in [-0.2, 0) is 10.2 Å². The third-order valence-electron chi connectivity index (χ3n) is 5.30. The zero-order valence-corrected chi connectivity index (χ0v) is 16.9. The van der Waals surface area contributed by atoms with E-state index in [0.29, 0.717) is 23.8 Å². The van der Waals surface area contributed by atoms with Crippen LogP contribution in [0.15, 0.2) is 41.9 Å². The number of H-pyrrole nitrogens is 1. The lowest BCUT2D eigenvalue weighted by Gasteiger charge is -2.41. The van der Waals surface area contributed by atoms with E-state index in [1.165, 1.54) is 16.9 Å². The van der Waals surface area contributed by atoms with E-state index in [1.807, 2.05) is 17.9 Å². The maximum Gasteiger partial charge on any atom is 0.290 e. The fourth-order valence-corrected chi connectivity index (χ4v) is 4.45. The summed E-state index contributed by atoms with van der Waals surface area (Å²) in [4.78, 5) is 27.7. The minimum Gasteiger partial charge on any atom is -0.483 e. The molecule has 3 aromatic rings. The van der Waals surface area contributed by atoms with E-state index in [0.717, 1.165) is 24.2 Å². The molecule has 1 aliphatic rings. The number of carbonyl (C=O) groups is 2. The number of hydrogen-bond donors (Lipinski definition) is 3. The quantitative estimate of drug-likeness (QED) is 0.567. The fourth-order valence-electron chi connectivity index (χ4n) is 3.79. The van der Waals surface area contributed by atoms with E-state index < -0.39 is 0 Å². The number of nitrogens with zero attached hydrogens (tertiary/aromatic N) is 3. The zero-order valence-electron chi connectivity index (χ0n) is 16.0. The molecule has 0 aliphatic carbocycles. The van der Waals surface area contributed by atoms with Gasteiger partial charge in [-0.1, -0.05) is 30.3 Å². The molecule has 1 amide bonds. The number of hydrogen-bond acceptors (Lipinski definition) is 6. The van der Waals surface area contributed by atoms with Crippen molar-refractivity contribution in [2.75, 3.05) is 18.8 Å². The highest BCUT2D eigenvalue weighted by Gasteiger charge is 2.41. The Balaban J connectivity index is 0.000000755. The van der Waals surface area contributed by atoms with Gasteiger partial charge < -0.3 is 15.7 Å². The summed E-state index contributed by atoms with van der Waals surface area (Å²) in [5.41, 5.74) is 9.42. The summed E-state index contributed by atoms with van der Waals surface area (Å²) in [6.45, 7) is 2.97. The molecule has 0 unspecified atom stereocenters. The number of anilines is 1. The number of nitrogen functional groups attached to an aromatic ring is 1. The van der Waals surface area contributed by atoms with Gasteiger partial charge in [0.25, 0.3) is 12.4 Å². The summed E-state index contributed by atoms with van der Waals surface area (Å²) in [6.07, 6.45) is 3.25. The molecular formula is C20H23N5O3S. The Hall–Kier alpha value is -3.20. The first-order valence-corrected chi connectivity index (χ1v) is 10.0. The number of rotatable bonds is 3. The molecular weight excluding hydrogens is 390 g/mol. The van der Waals surface area contributed by atoms with E-state index in [-0.39, 0.29) is 17.8 Å². The van der Waals surface area contributed by atoms with Crippen LogP contribution in [0.1, 0.15) is 40.2 Å². The maximum atomic E-state index is 12.8. The average molecular weight is 414 g/mol. The van der Waals surface area contributed by atoms with E-state index in [2.05, 4.69) is 44.8 Å². The molecule has 0 atom stereocenters. The molecule has 0 radical (unpaired) electrons. The minimum absolute atomic E-state index is 0.0377. The predicted octanol–water partition coefficient (Wildman–Crippen LogP) is 2.68. The second-order valence-corrected chi connectivity index (χ2v) is 7.72. The zero-order chi connectivity index (χ0) is 20.9. The van der Waals surface area contributed by atoms with Gasteiger partial charge in [0.05, 0.1) is 17.5 Å². The van der Waals surface area contributed by atoms with Gasteiger partial charge in [-0.05, 0) is 25.3 Å². The number of amides is 1. The Kier molecular flexibility index (Phi) is 6.28. The Morgan fingerprint density at radius 3 is 2.48 bits per heavy atom. The van der Waals surface area contributed by atoms with Crippen LogP contribution in [0.5, 0.6) is 0 Å². The van der Waals surface area contributed by atoms with Crippen molar-refractivity contribution in [2.24, 2.45) is 0 Å². The van der Waals surface area contributed by atoms with Crippen LogP contribution in [0.25, 0.3) is 0 Å². The number of nitrogens with one attached hydrogen (secondary N) is 1. The SMILES string of the molecule is Cc1[nH]ncc1C(=O)N1CCC(c2ccccc2)(c2csc(N)n2)CC1.O=CO. The Bertz CT molecular complexity index is 961. The molecule has 0 bridgehead atoms. The average Bonchev–Trinajstić information content (AvgIpc) is 3.37. The third kappa shape index (κ3) is 4.14. The van der Waals surface area contributed by atoms with E-state index in [1.54, 1.807) is 6.20 Å². The Morgan fingerprint density at radius 1 is 1.31 bits per heavy atom. The number of thiazole rings is 1. The van der Waals surface area contributed by atoms with Crippen LogP contribution < -0.4 is 5.73 Å². The summed E-state index contributed by atoms with van der Waals surface area (Å²) in [5, 5.41) is 16.3. The highest BCUT2D eigenvalue weighted by atomic mass is 32.1. The maximum absolute atomic E-state index is 12.8. The van der Waals surface area contributed by atoms with Crippen molar-refractivity contribution >= 4 is 28.8 Å². The monoisotopic (exact) mass is 413 g/mol. The first-order chi connectivity index (χ1) is 14.0. The lowest BCUT2D eigenvalue weighted by atomic mass is 9.70. The summed E-state index contributed by atoms with van der Waals surface area (Å²) >= 11 is 1.47. The first kappa shape index (κ1) is 20.5. The third-order valence-corrected chi connectivity index (χ3v) is 5.98. The standard InChI is InChI=1S/C19H21N5OS.CH2O2/c1-13-15(11-21-23-13)17(25)24-9-7-19(8-10-24,14-5-3-2-4-6-14)16-12-26-18(20)22-16;2-1-3/h2-6,11-12H,7-10H2,1H3,(H2,20,22)(H,21,23);1H,(H,2,3). The number of benzene rings is 1. The molecule has 0 spiro atoms. The smallest absolute Gasteiger partial charge is 0.290 e. The van der Waals surface area contributed by atoms with Crippen molar-refractivity contribution < 1.29 is 14.7 Å². The van der Waals surface area contributed by atoms with Crippen molar-refractivity contribution in [3.8, 4) is 0 Å². The molecule has 3 heterocycles. The molecule has 1 aliphatic heterocycles. The molecule has 2 aromatic heterocycles. The predicted molar refractivity (Wildman–Crippen MR) is 111 cm³/mol. The highest BCUT2D eigenvalue weighted by Crippen LogP contribution is 2.42. The number of aryl methyl sites for hydroxylation is 1. The van der Waals surface area contributed by atoms with Gasteiger partial charge in [0.15, 0.2) is 5.13 Å². The molecule has 0 saturated carbocycles. The van der Waals surface area contributed by atoms with Crippen LogP contribution in [0.3, 0.4) is 0 Å². The van der Waals surface area contributed by atoms with Crippen molar-refractivity contribution in [2.45, 2.75) is 25.2 Å². The van der Waals surface area contributed by atoms with Crippen molar-refractivity contribution in [3.63, 3.8) is 0 Å². The van der Waals surface area contributed by atoms with Gasteiger partial charge in [0.1, 0.15) is 0 Å². The van der Waals surface area contributed by atoms with E-state index in [9.17, 15) is 4.79 Å². The largest absolute Gasteiger partial charge is 0.483 e. The number of nitrogens with two attached hydrogens (primary N) is 1. The minimum atomic E-state index is -0.250. The van der Waals surface area contributed by atoms with Gasteiger partial charge in [-0.25, -0.2) is 4.98 Å². The normalized spacial score (nSPS) is 15.3. The van der Waals surface area contributed by atoms with Gasteiger partial charge in [0, 0.05) is 29.6 Å². The summed E-state index contributed by atoms with van der Waals surface area (Å²) < 4.78 is 0. The van der Waals surface area contributed by atoms with Crippen LogP contribution in [-0.4, -0.2) is 50.7 Å². The molecule has 1 fully saturated rings. The first-order valence-electron chi connectivity index (χ1n) is 9.16. The number of carbonyl (C=O) groups excluding carboxylic acids is 1. The van der Waals surface area contributed by atoms with E-state index in [4.69, 9.17) is 15.6 Å². The molecule has 9 heteroatoms. The second-order valence-electron chi connectivity index (χ2n) is 6.83. The highest BCUT2D eigenvalue weighted by molar-refractivity contribution is 7.13. The van der Waals surface area contributed by atoms with Crippen LogP contribution in [0.2, 0.25) is 0 Å². The van der Waals surface area contributed by atoms with Gasteiger partial charge in [-0.2, -0.15) is 5.10 Å². The molecule has 1 saturated heterocycles. The summed E-state index contributed by atoms with van der Waals surface area (Å²) in [6, 6.07) is 10.4. The Morgan fingerprint density at radius 2 is 1.97 bits per heavy atom. The molecule has 8 nitrogen and oxygen atoms in total. The van der Waals surface area contributed by atoms with Crippen molar-refractivity contribution in [3.05, 3.63) is 64.4 Å². The Labute approximate surface area is 172 Å². The molecule has 29 heavy (non-hydrogen) atoms. The number of aromatic nitrogens is 3. The van der Waals surface area contributed by atoms with Gasteiger partial charge >= 0.3 is 0 Å². The topological polar surface area (TPSA) is 125 Å². The lowest BCUT2D eigenvalue weighted by molar-refractivity contribution is -0.122. The van der Waals surface area contributed by atoms with Gasteiger partial charge in [-0.3, -0.25) is 14.7 Å². The molecule has 152 valence electrons. The van der Waals surface area contributed by atoms with Crippen molar-refractivity contribution in [1.29, 1.82) is 0 Å².